The summed E-state index contributed by atoms with van der Waals surface area (Å²) in [5.41, 5.74) is -1.25. The minimum atomic E-state index is -4.48. The highest BCUT2D eigenvalue weighted by molar-refractivity contribution is 8.04. The van der Waals surface area contributed by atoms with Crippen molar-refractivity contribution in [3.8, 4) is 0 Å². The van der Waals surface area contributed by atoms with Crippen LogP contribution in [-0.4, -0.2) is 21.9 Å². The van der Waals surface area contributed by atoms with Gasteiger partial charge in [-0.3, -0.25) is 4.79 Å². The van der Waals surface area contributed by atoms with Gasteiger partial charge in [-0.15, -0.1) is 0 Å². The third-order valence-electron chi connectivity index (χ3n) is 4.70. The monoisotopic (exact) mass is 463 g/mol. The van der Waals surface area contributed by atoms with E-state index in [2.05, 4.69) is 14.7 Å². The largest absolute Gasteiger partial charge is 0.416 e. The number of pyridine rings is 1. The molecule has 0 saturated heterocycles. The lowest BCUT2D eigenvalue weighted by Crippen LogP contribution is -2.09. The lowest BCUT2D eigenvalue weighted by molar-refractivity contribution is -0.0881. The highest BCUT2D eigenvalue weighted by Gasteiger charge is 2.31. The van der Waals surface area contributed by atoms with E-state index in [1.807, 2.05) is 0 Å². The fourth-order valence-electron chi connectivity index (χ4n) is 3.11. The Morgan fingerprint density at radius 2 is 1.97 bits per heavy atom. The van der Waals surface area contributed by atoms with Gasteiger partial charge in [-0.25, -0.2) is 13.8 Å². The minimum absolute atomic E-state index is 0.0668. The molecule has 0 amide bonds. The van der Waals surface area contributed by atoms with E-state index >= 15 is 4.39 Å². The number of nitrogens with zero attached hydrogens (tertiary/aromatic N) is 1. The summed E-state index contributed by atoms with van der Waals surface area (Å²) in [5, 5.41) is 0.423. The summed E-state index contributed by atoms with van der Waals surface area (Å²) in [5.74, 6) is -2.99. The highest BCUT2D eigenvalue weighted by atomic mass is 32.2. The fraction of sp³-hybridized carbons (Fsp3) is 0.0909. The summed E-state index contributed by atoms with van der Waals surface area (Å²) in [6.45, 7) is 0. The number of carbonyl (C=O) groups is 1. The molecule has 0 saturated carbocycles. The van der Waals surface area contributed by atoms with E-state index in [0.29, 0.717) is 15.9 Å². The standard InChI is InChI=1S/C22H14F5N3OS/c23-16-8-9-17(30-32-13-4-1-3-12(6-7-13)22(25,26)27)19(24)18(16)20(31)15-11-29-21-14(15)5-2-10-28-21/h1-3,5-11,30H,4H2,(H,28,29). The highest BCUT2D eigenvalue weighted by Crippen LogP contribution is 2.33. The predicted molar refractivity (Wildman–Crippen MR) is 113 cm³/mol. The smallest absolute Gasteiger partial charge is 0.345 e. The van der Waals surface area contributed by atoms with Crippen LogP contribution in [0, 0.1) is 11.6 Å². The SMILES string of the molecule is O=C(c1c(F)ccc(NSC2=CC=C(C(F)(F)F)C=CC2)c1F)c1c[nH]c2ncccc12. The first kappa shape index (κ1) is 21.8. The molecule has 32 heavy (non-hydrogen) atoms. The van der Waals surface area contributed by atoms with Gasteiger partial charge in [0.15, 0.2) is 5.82 Å². The number of rotatable bonds is 5. The molecule has 1 aromatic carbocycles. The molecule has 0 spiro atoms. The van der Waals surface area contributed by atoms with Crippen molar-refractivity contribution in [1.29, 1.82) is 0 Å². The maximum Gasteiger partial charge on any atom is 0.416 e. The molecule has 4 rings (SSSR count). The number of benzene rings is 1. The zero-order valence-electron chi connectivity index (χ0n) is 16.1. The third-order valence-corrected chi connectivity index (χ3v) is 5.59. The minimum Gasteiger partial charge on any atom is -0.345 e. The lowest BCUT2D eigenvalue weighted by Gasteiger charge is -2.11. The van der Waals surface area contributed by atoms with Crippen LogP contribution in [0.1, 0.15) is 22.3 Å². The number of anilines is 1. The van der Waals surface area contributed by atoms with E-state index in [0.717, 1.165) is 36.2 Å². The molecular weight excluding hydrogens is 449 g/mol. The number of ketones is 1. The number of allylic oxidation sites excluding steroid dienone is 6. The maximum atomic E-state index is 15.1. The molecule has 1 aliphatic rings. The van der Waals surface area contributed by atoms with Crippen LogP contribution in [-0.2, 0) is 0 Å². The van der Waals surface area contributed by atoms with Gasteiger partial charge < -0.3 is 9.71 Å². The van der Waals surface area contributed by atoms with Gasteiger partial charge in [0.2, 0.25) is 5.78 Å². The van der Waals surface area contributed by atoms with Crippen molar-refractivity contribution in [3.05, 3.63) is 94.2 Å². The van der Waals surface area contributed by atoms with Crippen LogP contribution in [0.3, 0.4) is 0 Å². The predicted octanol–water partition coefficient (Wildman–Crippen LogP) is 6.46. The molecule has 0 radical (unpaired) electrons. The second-order valence-electron chi connectivity index (χ2n) is 6.78. The molecule has 10 heteroatoms. The average molecular weight is 463 g/mol. The van der Waals surface area contributed by atoms with Gasteiger partial charge in [-0.2, -0.15) is 13.2 Å². The van der Waals surface area contributed by atoms with Crippen molar-refractivity contribution in [2.45, 2.75) is 12.6 Å². The van der Waals surface area contributed by atoms with E-state index in [-0.39, 0.29) is 17.7 Å². The Morgan fingerprint density at radius 3 is 2.75 bits per heavy atom. The molecular formula is C22H14F5N3OS. The van der Waals surface area contributed by atoms with Crippen LogP contribution in [0.15, 0.2) is 71.4 Å². The zero-order chi connectivity index (χ0) is 22.9. The molecule has 0 fully saturated rings. The van der Waals surface area contributed by atoms with Crippen LogP contribution in [0.4, 0.5) is 27.6 Å². The van der Waals surface area contributed by atoms with Gasteiger partial charge in [0.25, 0.3) is 0 Å². The first-order valence-corrected chi connectivity index (χ1v) is 10.1. The van der Waals surface area contributed by atoms with Crippen molar-refractivity contribution >= 4 is 34.5 Å². The molecule has 2 heterocycles. The molecule has 2 N–H and O–H groups in total. The van der Waals surface area contributed by atoms with Gasteiger partial charge in [0, 0.05) is 28.2 Å². The topological polar surface area (TPSA) is 57.8 Å². The van der Waals surface area contributed by atoms with E-state index in [1.54, 1.807) is 12.1 Å². The number of halogens is 5. The first-order valence-electron chi connectivity index (χ1n) is 9.28. The number of hydrogen-bond acceptors (Lipinski definition) is 4. The maximum absolute atomic E-state index is 15.1. The Balaban J connectivity index is 1.59. The number of alkyl halides is 3. The number of H-pyrrole nitrogens is 1. The summed E-state index contributed by atoms with van der Waals surface area (Å²) in [4.78, 5) is 20.2. The number of nitrogens with one attached hydrogen (secondary N) is 2. The summed E-state index contributed by atoms with van der Waals surface area (Å²) >= 11 is 0.875. The molecule has 1 aliphatic carbocycles. The number of aromatic amines is 1. The van der Waals surface area contributed by atoms with Crippen molar-refractivity contribution in [3.63, 3.8) is 0 Å². The normalized spacial score (nSPS) is 14.2. The Morgan fingerprint density at radius 1 is 1.16 bits per heavy atom. The van der Waals surface area contributed by atoms with Gasteiger partial charge in [0.05, 0.1) is 16.8 Å². The molecule has 4 nitrogen and oxygen atoms in total. The van der Waals surface area contributed by atoms with E-state index in [4.69, 9.17) is 0 Å². The Kier molecular flexibility index (Phi) is 5.88. The number of fused-ring (bicyclic) bond motifs is 1. The summed E-state index contributed by atoms with van der Waals surface area (Å²) in [7, 11) is 0. The number of carbonyl (C=O) groups excluding carboxylic acids is 1. The molecule has 0 atom stereocenters. The van der Waals surface area contributed by atoms with Gasteiger partial charge in [0.1, 0.15) is 11.5 Å². The first-order chi connectivity index (χ1) is 15.3. The number of aromatic nitrogens is 2. The fourth-order valence-corrected chi connectivity index (χ4v) is 3.83. The Bertz CT molecular complexity index is 1290. The van der Waals surface area contributed by atoms with E-state index in [9.17, 15) is 22.4 Å². The van der Waals surface area contributed by atoms with Crippen LogP contribution in [0.25, 0.3) is 11.0 Å². The second-order valence-corrected chi connectivity index (χ2v) is 7.71. The molecule has 0 aliphatic heterocycles. The lowest BCUT2D eigenvalue weighted by atomic mass is 10.0. The van der Waals surface area contributed by atoms with Crippen LogP contribution in [0.2, 0.25) is 0 Å². The zero-order valence-corrected chi connectivity index (χ0v) is 17.0. The van der Waals surface area contributed by atoms with Crippen molar-refractivity contribution in [2.75, 3.05) is 4.72 Å². The van der Waals surface area contributed by atoms with Crippen LogP contribution < -0.4 is 4.72 Å². The quantitative estimate of drug-likeness (QED) is 0.259. The van der Waals surface area contributed by atoms with Crippen molar-refractivity contribution in [2.24, 2.45) is 0 Å². The van der Waals surface area contributed by atoms with E-state index in [1.165, 1.54) is 24.5 Å². The number of hydrogen-bond donors (Lipinski definition) is 2. The average Bonchev–Trinajstić information content (AvgIpc) is 3.02. The Hall–Kier alpha value is -3.40. The molecule has 0 bridgehead atoms. The third kappa shape index (κ3) is 4.31. The van der Waals surface area contributed by atoms with Gasteiger partial charge in [-0.05, 0) is 48.7 Å². The summed E-state index contributed by atoms with van der Waals surface area (Å²) in [6.07, 6.45) is 3.06. The van der Waals surface area contributed by atoms with E-state index < -0.39 is 34.7 Å². The van der Waals surface area contributed by atoms with Crippen LogP contribution in [0.5, 0.6) is 0 Å². The summed E-state index contributed by atoms with van der Waals surface area (Å²) in [6, 6.07) is 5.28. The summed E-state index contributed by atoms with van der Waals surface area (Å²) < 4.78 is 70.6. The van der Waals surface area contributed by atoms with Gasteiger partial charge in [-0.1, -0.05) is 18.2 Å². The molecule has 3 aromatic rings. The van der Waals surface area contributed by atoms with Crippen LogP contribution >= 0.6 is 11.9 Å². The van der Waals surface area contributed by atoms with Crippen molar-refractivity contribution < 1.29 is 26.7 Å². The van der Waals surface area contributed by atoms with Crippen molar-refractivity contribution in [1.82, 2.24) is 9.97 Å². The molecule has 0 unspecified atom stereocenters. The molecule has 2 aromatic heterocycles. The molecule has 164 valence electrons. The van der Waals surface area contributed by atoms with Gasteiger partial charge >= 0.3 is 6.18 Å². The second kappa shape index (κ2) is 8.62. The Labute approximate surface area is 183 Å².